The van der Waals surface area contributed by atoms with Crippen LogP contribution in [0.2, 0.25) is 0 Å². The zero-order valence-corrected chi connectivity index (χ0v) is 6.32. The molecule has 66 valence electrons. The van der Waals surface area contributed by atoms with Gasteiger partial charge in [-0.05, 0) is 6.92 Å². The minimum absolute atomic E-state index is 0.135. The molecule has 0 amide bonds. The molecule has 0 aromatic heterocycles. The van der Waals surface area contributed by atoms with Gasteiger partial charge >= 0.3 is 0 Å². The van der Waals surface area contributed by atoms with Gasteiger partial charge < -0.3 is 10.2 Å². The van der Waals surface area contributed by atoms with Crippen molar-refractivity contribution in [2.45, 2.75) is 13.0 Å². The van der Waals surface area contributed by atoms with Gasteiger partial charge in [-0.3, -0.25) is 4.79 Å². The summed E-state index contributed by atoms with van der Waals surface area (Å²) < 4.78 is 0. The standard InChI is InChI=1S/C6H12O5/c1-5(8)3-10-11-4-6(9)2-7/h6-7,9H,2-4H2,1H3. The number of aliphatic hydroxyl groups excluding tert-OH is 2. The van der Waals surface area contributed by atoms with E-state index in [4.69, 9.17) is 10.2 Å². The molecule has 1 unspecified atom stereocenters. The maximum absolute atomic E-state index is 10.2. The Bertz CT molecular complexity index is 114. The summed E-state index contributed by atoms with van der Waals surface area (Å²) in [6, 6.07) is 0. The monoisotopic (exact) mass is 164 g/mol. The molecule has 0 saturated heterocycles. The van der Waals surface area contributed by atoms with Gasteiger partial charge in [0.2, 0.25) is 0 Å². The molecule has 0 spiro atoms. The molecule has 0 aromatic rings. The minimum Gasteiger partial charge on any atom is -0.394 e. The number of carbonyl (C=O) groups excluding carboxylic acids is 1. The zero-order valence-electron chi connectivity index (χ0n) is 6.32. The van der Waals surface area contributed by atoms with Crippen molar-refractivity contribution in [1.29, 1.82) is 0 Å². The van der Waals surface area contributed by atoms with Crippen LogP contribution in [0, 0.1) is 0 Å². The van der Waals surface area contributed by atoms with Gasteiger partial charge in [-0.15, -0.1) is 0 Å². The van der Waals surface area contributed by atoms with Gasteiger partial charge in [-0.2, -0.15) is 0 Å². The van der Waals surface area contributed by atoms with Crippen molar-refractivity contribution in [3.63, 3.8) is 0 Å². The van der Waals surface area contributed by atoms with Crippen LogP contribution in [0.15, 0.2) is 0 Å². The molecule has 2 N–H and O–H groups in total. The van der Waals surface area contributed by atoms with Crippen LogP contribution < -0.4 is 0 Å². The quantitative estimate of drug-likeness (QED) is 0.295. The largest absolute Gasteiger partial charge is 0.394 e. The summed E-state index contributed by atoms with van der Waals surface area (Å²) in [5.74, 6) is -0.163. The van der Waals surface area contributed by atoms with Crippen LogP contribution in [-0.4, -0.2) is 41.9 Å². The predicted molar refractivity (Wildman–Crippen MR) is 35.7 cm³/mol. The molecule has 11 heavy (non-hydrogen) atoms. The Hall–Kier alpha value is -0.490. The van der Waals surface area contributed by atoms with Crippen LogP contribution in [0.5, 0.6) is 0 Å². The smallest absolute Gasteiger partial charge is 0.158 e. The third-order valence-electron chi connectivity index (χ3n) is 0.817. The average molecular weight is 164 g/mol. The first-order valence-electron chi connectivity index (χ1n) is 3.19. The Labute approximate surface area is 64.5 Å². The Morgan fingerprint density at radius 3 is 2.64 bits per heavy atom. The van der Waals surface area contributed by atoms with Gasteiger partial charge in [0.25, 0.3) is 0 Å². The molecule has 0 aliphatic heterocycles. The van der Waals surface area contributed by atoms with E-state index < -0.39 is 6.10 Å². The SMILES string of the molecule is CC(=O)COOCC(O)CO. The van der Waals surface area contributed by atoms with Crippen molar-refractivity contribution in [3.05, 3.63) is 0 Å². The van der Waals surface area contributed by atoms with Crippen molar-refractivity contribution >= 4 is 5.78 Å². The van der Waals surface area contributed by atoms with Crippen molar-refractivity contribution < 1.29 is 24.8 Å². The van der Waals surface area contributed by atoms with E-state index in [1.54, 1.807) is 0 Å². The van der Waals surface area contributed by atoms with Gasteiger partial charge in [-0.1, -0.05) is 0 Å². The Kier molecular flexibility index (Phi) is 5.96. The van der Waals surface area contributed by atoms with E-state index in [1.807, 2.05) is 0 Å². The Morgan fingerprint density at radius 1 is 1.55 bits per heavy atom. The van der Waals surface area contributed by atoms with Gasteiger partial charge in [-0.25, -0.2) is 9.78 Å². The summed E-state index contributed by atoms with van der Waals surface area (Å²) in [6.45, 7) is 0.692. The van der Waals surface area contributed by atoms with Gasteiger partial charge in [0, 0.05) is 0 Å². The van der Waals surface area contributed by atoms with Crippen LogP contribution in [0.3, 0.4) is 0 Å². The molecule has 0 aromatic carbocycles. The molecule has 5 nitrogen and oxygen atoms in total. The maximum Gasteiger partial charge on any atom is 0.158 e. The van der Waals surface area contributed by atoms with Crippen LogP contribution in [-0.2, 0) is 14.6 Å². The highest BCUT2D eigenvalue weighted by molar-refractivity contribution is 5.76. The second-order valence-electron chi connectivity index (χ2n) is 2.09. The van der Waals surface area contributed by atoms with E-state index in [0.717, 1.165) is 0 Å². The second-order valence-corrected chi connectivity index (χ2v) is 2.09. The lowest BCUT2D eigenvalue weighted by atomic mass is 10.4. The summed E-state index contributed by atoms with van der Waals surface area (Å²) in [5.41, 5.74) is 0. The van der Waals surface area contributed by atoms with Gasteiger partial charge in [0.15, 0.2) is 5.78 Å². The molecule has 1 atom stereocenters. The fraction of sp³-hybridized carbons (Fsp3) is 0.833. The van der Waals surface area contributed by atoms with Crippen molar-refractivity contribution in [2.24, 2.45) is 0 Å². The first kappa shape index (κ1) is 10.5. The minimum atomic E-state index is -0.957. The fourth-order valence-electron chi connectivity index (χ4n) is 0.304. The number of ketones is 1. The molecule has 0 saturated carbocycles. The van der Waals surface area contributed by atoms with E-state index in [0.29, 0.717) is 0 Å². The number of hydrogen-bond acceptors (Lipinski definition) is 5. The molecule has 0 heterocycles. The molecule has 0 fully saturated rings. The molecular formula is C6H12O5. The molecule has 0 aliphatic carbocycles. The summed E-state index contributed by atoms with van der Waals surface area (Å²) in [6.07, 6.45) is -0.957. The Balaban J connectivity index is 3.08. The van der Waals surface area contributed by atoms with Crippen LogP contribution in [0.4, 0.5) is 0 Å². The van der Waals surface area contributed by atoms with Gasteiger partial charge in [0.05, 0.1) is 6.61 Å². The molecule has 0 aliphatic rings. The summed E-state index contributed by atoms with van der Waals surface area (Å²) in [5, 5.41) is 17.0. The second kappa shape index (κ2) is 6.23. The van der Waals surface area contributed by atoms with Crippen LogP contribution in [0.1, 0.15) is 6.92 Å². The third kappa shape index (κ3) is 7.41. The first-order chi connectivity index (χ1) is 5.16. The lowest BCUT2D eigenvalue weighted by molar-refractivity contribution is -0.300. The summed E-state index contributed by atoms with van der Waals surface area (Å²) >= 11 is 0. The van der Waals surface area contributed by atoms with Crippen LogP contribution in [0.25, 0.3) is 0 Å². The zero-order chi connectivity index (χ0) is 8.69. The van der Waals surface area contributed by atoms with E-state index in [2.05, 4.69) is 9.78 Å². The average Bonchev–Trinajstić information content (AvgIpc) is 1.97. The lowest BCUT2D eigenvalue weighted by Crippen LogP contribution is -2.20. The van der Waals surface area contributed by atoms with E-state index in [-0.39, 0.29) is 25.6 Å². The number of rotatable bonds is 6. The number of aliphatic hydroxyl groups is 2. The molecule has 0 rings (SSSR count). The molecule has 0 bridgehead atoms. The van der Waals surface area contributed by atoms with E-state index >= 15 is 0 Å². The number of Topliss-reactive ketones (excluding diaryl/α,β-unsaturated/α-hetero) is 1. The van der Waals surface area contributed by atoms with E-state index in [9.17, 15) is 4.79 Å². The summed E-state index contributed by atoms with van der Waals surface area (Å²) in [7, 11) is 0. The molecule has 5 heteroatoms. The highest BCUT2D eigenvalue weighted by Gasteiger charge is 2.02. The molecular weight excluding hydrogens is 152 g/mol. The van der Waals surface area contributed by atoms with Crippen LogP contribution >= 0.6 is 0 Å². The number of carbonyl (C=O) groups is 1. The third-order valence-corrected chi connectivity index (χ3v) is 0.817. The topological polar surface area (TPSA) is 76.0 Å². The predicted octanol–water partition coefficient (Wildman–Crippen LogP) is -1.12. The highest BCUT2D eigenvalue weighted by Crippen LogP contribution is 1.85. The van der Waals surface area contributed by atoms with Crippen molar-refractivity contribution in [1.82, 2.24) is 0 Å². The Morgan fingerprint density at radius 2 is 2.18 bits per heavy atom. The number of hydrogen-bond donors (Lipinski definition) is 2. The summed E-state index contributed by atoms with van der Waals surface area (Å²) in [4.78, 5) is 19.0. The lowest BCUT2D eigenvalue weighted by Gasteiger charge is -2.05. The highest BCUT2D eigenvalue weighted by atomic mass is 17.2. The fourth-order valence-corrected chi connectivity index (χ4v) is 0.304. The van der Waals surface area contributed by atoms with Crippen molar-refractivity contribution in [2.75, 3.05) is 19.8 Å². The van der Waals surface area contributed by atoms with Crippen molar-refractivity contribution in [3.8, 4) is 0 Å². The van der Waals surface area contributed by atoms with E-state index in [1.165, 1.54) is 6.92 Å². The molecule has 0 radical (unpaired) electrons. The maximum atomic E-state index is 10.2. The first-order valence-corrected chi connectivity index (χ1v) is 3.19. The normalized spacial score (nSPS) is 13.0. The van der Waals surface area contributed by atoms with Gasteiger partial charge in [0.1, 0.15) is 19.3 Å².